The molecule has 0 spiro atoms. The zero-order valence-corrected chi connectivity index (χ0v) is 13.5. The van der Waals surface area contributed by atoms with Crippen molar-refractivity contribution in [1.82, 2.24) is 9.80 Å². The molecule has 102 valence electrons. The Morgan fingerprint density at radius 2 is 2.17 bits per heavy atom. The van der Waals surface area contributed by atoms with E-state index in [0.29, 0.717) is 12.6 Å². The average Bonchev–Trinajstić information content (AvgIpc) is 2.78. The van der Waals surface area contributed by atoms with Crippen LogP contribution in [0.1, 0.15) is 23.8 Å². The van der Waals surface area contributed by atoms with Gasteiger partial charge in [0.05, 0.1) is 6.04 Å². The third-order valence-electron chi connectivity index (χ3n) is 3.84. The van der Waals surface area contributed by atoms with Crippen molar-refractivity contribution in [2.24, 2.45) is 5.73 Å². The summed E-state index contributed by atoms with van der Waals surface area (Å²) in [5, 5.41) is 2.13. The van der Waals surface area contributed by atoms with Crippen LogP contribution >= 0.6 is 27.3 Å². The molecule has 0 aromatic carbocycles. The molecule has 2 N–H and O–H groups in total. The van der Waals surface area contributed by atoms with Gasteiger partial charge in [0.25, 0.3) is 0 Å². The van der Waals surface area contributed by atoms with Crippen LogP contribution in [0, 0.1) is 0 Å². The van der Waals surface area contributed by atoms with E-state index in [1.165, 1.54) is 22.2 Å². The Morgan fingerprint density at radius 3 is 2.61 bits per heavy atom. The van der Waals surface area contributed by atoms with Crippen molar-refractivity contribution in [3.8, 4) is 0 Å². The molecule has 3 nitrogen and oxygen atoms in total. The first-order valence-corrected chi connectivity index (χ1v) is 8.14. The van der Waals surface area contributed by atoms with Gasteiger partial charge in [-0.3, -0.25) is 4.90 Å². The summed E-state index contributed by atoms with van der Waals surface area (Å²) in [7, 11) is 4.35. The first kappa shape index (κ1) is 14.5. The molecule has 0 bridgehead atoms. The summed E-state index contributed by atoms with van der Waals surface area (Å²) >= 11 is 5.43. The van der Waals surface area contributed by atoms with E-state index in [9.17, 15) is 0 Å². The highest BCUT2D eigenvalue weighted by atomic mass is 79.9. The molecule has 1 atom stereocenters. The molecule has 2 heterocycles. The maximum Gasteiger partial charge on any atom is 0.0575 e. The summed E-state index contributed by atoms with van der Waals surface area (Å²) in [5.41, 5.74) is 5.99. The van der Waals surface area contributed by atoms with Crippen LogP contribution in [0.25, 0.3) is 0 Å². The van der Waals surface area contributed by atoms with Crippen molar-refractivity contribution in [1.29, 1.82) is 0 Å². The number of likely N-dealkylation sites (tertiary alicyclic amines) is 1. The zero-order chi connectivity index (χ0) is 13.1. The van der Waals surface area contributed by atoms with Crippen LogP contribution in [-0.4, -0.2) is 49.6 Å². The Hall–Kier alpha value is 0.0600. The van der Waals surface area contributed by atoms with Crippen molar-refractivity contribution in [2.75, 3.05) is 33.7 Å². The second-order valence-electron chi connectivity index (χ2n) is 5.12. The minimum atomic E-state index is 0.377. The highest BCUT2D eigenvalue weighted by Crippen LogP contribution is 2.33. The predicted molar refractivity (Wildman–Crippen MR) is 82.1 cm³/mol. The van der Waals surface area contributed by atoms with Crippen LogP contribution in [0.15, 0.2) is 15.9 Å². The molecule has 1 saturated heterocycles. The molecule has 2 rings (SSSR count). The van der Waals surface area contributed by atoms with Gasteiger partial charge in [-0.15, -0.1) is 11.3 Å². The maximum atomic E-state index is 5.99. The summed E-state index contributed by atoms with van der Waals surface area (Å²) in [5.74, 6) is 0. The molecule has 1 unspecified atom stereocenters. The van der Waals surface area contributed by atoms with Crippen LogP contribution in [0.4, 0.5) is 0 Å². The molecule has 5 heteroatoms. The van der Waals surface area contributed by atoms with Crippen molar-refractivity contribution in [3.63, 3.8) is 0 Å². The average molecular weight is 332 g/mol. The molecule has 0 aliphatic carbocycles. The molecular formula is C13H22BrN3S. The van der Waals surface area contributed by atoms with Crippen LogP contribution in [0.2, 0.25) is 0 Å². The van der Waals surface area contributed by atoms with Crippen molar-refractivity contribution in [2.45, 2.75) is 24.9 Å². The predicted octanol–water partition coefficient (Wildman–Crippen LogP) is 2.54. The quantitative estimate of drug-likeness (QED) is 0.920. The first-order chi connectivity index (χ1) is 8.63. The Morgan fingerprint density at radius 1 is 1.50 bits per heavy atom. The summed E-state index contributed by atoms with van der Waals surface area (Å²) < 4.78 is 1.21. The summed E-state index contributed by atoms with van der Waals surface area (Å²) in [6.07, 6.45) is 2.49. The van der Waals surface area contributed by atoms with E-state index in [1.54, 1.807) is 11.3 Å². The van der Waals surface area contributed by atoms with Gasteiger partial charge in [0.2, 0.25) is 0 Å². The van der Waals surface area contributed by atoms with E-state index < -0.39 is 0 Å². The summed E-state index contributed by atoms with van der Waals surface area (Å²) in [6.45, 7) is 3.00. The number of piperidine rings is 1. The fraction of sp³-hybridized carbons (Fsp3) is 0.692. The number of rotatable bonds is 4. The Bertz CT molecular complexity index is 372. The molecular weight excluding hydrogens is 310 g/mol. The second kappa shape index (κ2) is 6.48. The van der Waals surface area contributed by atoms with Gasteiger partial charge in [-0.05, 0) is 54.3 Å². The largest absolute Gasteiger partial charge is 0.329 e. The minimum Gasteiger partial charge on any atom is -0.329 e. The van der Waals surface area contributed by atoms with Gasteiger partial charge >= 0.3 is 0 Å². The number of nitrogens with zero attached hydrogens (tertiary/aromatic N) is 2. The third kappa shape index (κ3) is 3.14. The molecule has 0 radical (unpaired) electrons. The topological polar surface area (TPSA) is 32.5 Å². The van der Waals surface area contributed by atoms with Crippen molar-refractivity contribution < 1.29 is 0 Å². The lowest BCUT2D eigenvalue weighted by molar-refractivity contribution is 0.112. The number of nitrogens with two attached hydrogens (primary N) is 1. The van der Waals surface area contributed by atoms with Crippen LogP contribution in [-0.2, 0) is 0 Å². The summed E-state index contributed by atoms with van der Waals surface area (Å²) in [6, 6.07) is 3.23. The van der Waals surface area contributed by atoms with Gasteiger partial charge in [0.1, 0.15) is 0 Å². The normalized spacial score (nSPS) is 20.5. The number of hydrogen-bond acceptors (Lipinski definition) is 4. The molecule has 1 aliphatic heterocycles. The van der Waals surface area contributed by atoms with Gasteiger partial charge in [-0.2, -0.15) is 0 Å². The van der Waals surface area contributed by atoms with E-state index in [-0.39, 0.29) is 0 Å². The molecule has 1 aliphatic rings. The SMILES string of the molecule is CN(C)C1CCN(C(CN)c2sccc2Br)CC1. The number of hydrogen-bond donors (Lipinski definition) is 1. The second-order valence-corrected chi connectivity index (χ2v) is 6.92. The maximum absolute atomic E-state index is 5.99. The molecule has 0 amide bonds. The Balaban J connectivity index is 2.01. The van der Waals surface area contributed by atoms with Crippen LogP contribution in [0.3, 0.4) is 0 Å². The molecule has 1 aromatic rings. The third-order valence-corrected chi connectivity index (χ3v) is 5.81. The smallest absolute Gasteiger partial charge is 0.0575 e. The van der Waals surface area contributed by atoms with Gasteiger partial charge in [-0.1, -0.05) is 0 Å². The Kier molecular flexibility index (Phi) is 5.21. The molecule has 1 fully saturated rings. The fourth-order valence-corrected chi connectivity index (χ4v) is 4.46. The van der Waals surface area contributed by atoms with E-state index in [2.05, 4.69) is 51.3 Å². The first-order valence-electron chi connectivity index (χ1n) is 6.47. The lowest BCUT2D eigenvalue weighted by Crippen LogP contribution is -2.44. The highest BCUT2D eigenvalue weighted by Gasteiger charge is 2.27. The molecule has 1 aromatic heterocycles. The van der Waals surface area contributed by atoms with E-state index in [4.69, 9.17) is 5.73 Å². The highest BCUT2D eigenvalue weighted by molar-refractivity contribution is 9.10. The zero-order valence-electron chi connectivity index (χ0n) is 11.1. The minimum absolute atomic E-state index is 0.377. The van der Waals surface area contributed by atoms with Crippen molar-refractivity contribution >= 4 is 27.3 Å². The summed E-state index contributed by atoms with van der Waals surface area (Å²) in [4.78, 5) is 6.26. The van der Waals surface area contributed by atoms with Crippen LogP contribution in [0.5, 0.6) is 0 Å². The molecule has 18 heavy (non-hydrogen) atoms. The lowest BCUT2D eigenvalue weighted by Gasteiger charge is -2.39. The number of halogens is 1. The van der Waals surface area contributed by atoms with E-state index >= 15 is 0 Å². The van der Waals surface area contributed by atoms with Gasteiger partial charge in [-0.25, -0.2) is 0 Å². The van der Waals surface area contributed by atoms with Crippen LogP contribution < -0.4 is 5.73 Å². The monoisotopic (exact) mass is 331 g/mol. The van der Waals surface area contributed by atoms with Gasteiger partial charge in [0.15, 0.2) is 0 Å². The lowest BCUT2D eigenvalue weighted by atomic mass is 10.0. The number of thiophene rings is 1. The molecule has 0 saturated carbocycles. The Labute approximate surface area is 122 Å². The fourth-order valence-electron chi connectivity index (χ4n) is 2.68. The van der Waals surface area contributed by atoms with Crippen molar-refractivity contribution in [3.05, 3.63) is 20.8 Å². The van der Waals surface area contributed by atoms with E-state index in [0.717, 1.165) is 19.1 Å². The van der Waals surface area contributed by atoms with E-state index in [1.807, 2.05) is 0 Å². The van der Waals surface area contributed by atoms with Gasteiger partial charge < -0.3 is 10.6 Å². The van der Waals surface area contributed by atoms with Gasteiger partial charge in [0, 0.05) is 35.0 Å². The standard InChI is InChI=1S/C13H22BrN3S/c1-16(2)10-3-6-17(7-4-10)12(9-15)13-11(14)5-8-18-13/h5,8,10,12H,3-4,6-7,9,15H2,1-2H3.